The van der Waals surface area contributed by atoms with Gasteiger partial charge in [-0.05, 0) is 44.5 Å². The molecule has 0 radical (unpaired) electrons. The molecule has 1 aromatic heterocycles. The van der Waals surface area contributed by atoms with Crippen molar-refractivity contribution >= 4 is 11.0 Å². The molecule has 1 fully saturated rings. The van der Waals surface area contributed by atoms with Crippen LogP contribution in [0.1, 0.15) is 43.0 Å². The number of rotatable bonds is 4. The first-order valence-corrected chi connectivity index (χ1v) is 6.93. The summed E-state index contributed by atoms with van der Waals surface area (Å²) in [5.41, 5.74) is 2.29. The van der Waals surface area contributed by atoms with E-state index in [1.54, 1.807) is 0 Å². The van der Waals surface area contributed by atoms with Gasteiger partial charge in [-0.1, -0.05) is 30.9 Å². The number of furan rings is 1. The molecule has 1 aliphatic carbocycles. The molecule has 0 saturated heterocycles. The van der Waals surface area contributed by atoms with E-state index < -0.39 is 0 Å². The summed E-state index contributed by atoms with van der Waals surface area (Å²) in [6, 6.07) is 8.93. The van der Waals surface area contributed by atoms with Crippen LogP contribution in [0, 0.1) is 12.8 Å². The molecule has 1 N–H and O–H groups in total. The zero-order chi connectivity index (χ0) is 12.5. The van der Waals surface area contributed by atoms with Crippen molar-refractivity contribution in [3.8, 4) is 0 Å². The standard InChI is InChI=1S/C16H21NO/c1-11-6-7-15-13(8-11)10-16(18-15)14(17-2)9-12-4-3-5-12/h6-8,10,12,14,17H,3-5,9H2,1-2H3. The van der Waals surface area contributed by atoms with Crippen LogP contribution in [0.15, 0.2) is 28.7 Å². The average molecular weight is 243 g/mol. The number of nitrogens with one attached hydrogen (secondary N) is 1. The number of hydrogen-bond acceptors (Lipinski definition) is 2. The van der Waals surface area contributed by atoms with Crippen LogP contribution in [-0.4, -0.2) is 7.05 Å². The summed E-state index contributed by atoms with van der Waals surface area (Å²) >= 11 is 0. The lowest BCUT2D eigenvalue weighted by Crippen LogP contribution is -2.22. The summed E-state index contributed by atoms with van der Waals surface area (Å²) in [5, 5.41) is 4.62. The first-order chi connectivity index (χ1) is 8.76. The molecule has 0 aliphatic heterocycles. The summed E-state index contributed by atoms with van der Waals surface area (Å²) in [5.74, 6) is 1.97. The molecule has 0 bridgehead atoms. The lowest BCUT2D eigenvalue weighted by atomic mass is 9.80. The minimum Gasteiger partial charge on any atom is -0.459 e. The summed E-state index contributed by atoms with van der Waals surface area (Å²) in [6.07, 6.45) is 5.38. The molecule has 1 unspecified atom stereocenters. The molecule has 1 aromatic carbocycles. The Hall–Kier alpha value is -1.28. The van der Waals surface area contributed by atoms with Gasteiger partial charge in [-0.25, -0.2) is 0 Å². The number of benzene rings is 1. The smallest absolute Gasteiger partial charge is 0.134 e. The van der Waals surface area contributed by atoms with Crippen molar-refractivity contribution in [1.82, 2.24) is 5.32 Å². The van der Waals surface area contributed by atoms with Crippen LogP contribution in [0.3, 0.4) is 0 Å². The average Bonchev–Trinajstić information content (AvgIpc) is 2.70. The van der Waals surface area contributed by atoms with Gasteiger partial charge in [0.05, 0.1) is 6.04 Å². The van der Waals surface area contributed by atoms with Crippen molar-refractivity contribution < 1.29 is 4.42 Å². The minimum atomic E-state index is 0.364. The van der Waals surface area contributed by atoms with Gasteiger partial charge in [-0.2, -0.15) is 0 Å². The van der Waals surface area contributed by atoms with E-state index in [0.717, 1.165) is 17.3 Å². The Morgan fingerprint density at radius 3 is 2.83 bits per heavy atom. The van der Waals surface area contributed by atoms with Crippen molar-refractivity contribution in [1.29, 1.82) is 0 Å². The van der Waals surface area contributed by atoms with E-state index in [4.69, 9.17) is 4.42 Å². The Kier molecular flexibility index (Phi) is 3.13. The maximum absolute atomic E-state index is 5.98. The number of fused-ring (bicyclic) bond motifs is 1. The Balaban J connectivity index is 1.86. The van der Waals surface area contributed by atoms with E-state index in [-0.39, 0.29) is 0 Å². The Morgan fingerprint density at radius 1 is 1.33 bits per heavy atom. The second-order valence-corrected chi connectivity index (χ2v) is 5.56. The largest absolute Gasteiger partial charge is 0.459 e. The molecule has 18 heavy (non-hydrogen) atoms. The minimum absolute atomic E-state index is 0.364. The second kappa shape index (κ2) is 4.77. The van der Waals surface area contributed by atoms with Crippen LogP contribution in [0.2, 0.25) is 0 Å². The fourth-order valence-electron chi connectivity index (χ4n) is 2.79. The van der Waals surface area contributed by atoms with E-state index in [0.29, 0.717) is 6.04 Å². The summed E-state index contributed by atoms with van der Waals surface area (Å²) < 4.78 is 5.98. The van der Waals surface area contributed by atoms with Gasteiger partial charge < -0.3 is 9.73 Å². The highest BCUT2D eigenvalue weighted by Gasteiger charge is 2.24. The number of aryl methyl sites for hydroxylation is 1. The summed E-state index contributed by atoms with van der Waals surface area (Å²) in [7, 11) is 2.03. The highest BCUT2D eigenvalue weighted by molar-refractivity contribution is 5.78. The fourth-order valence-corrected chi connectivity index (χ4v) is 2.79. The van der Waals surface area contributed by atoms with Gasteiger partial charge in [0, 0.05) is 5.39 Å². The first kappa shape index (κ1) is 11.8. The van der Waals surface area contributed by atoms with Gasteiger partial charge in [0.1, 0.15) is 11.3 Å². The van der Waals surface area contributed by atoms with Gasteiger partial charge >= 0.3 is 0 Å². The summed E-state index contributed by atoms with van der Waals surface area (Å²) in [6.45, 7) is 2.12. The summed E-state index contributed by atoms with van der Waals surface area (Å²) in [4.78, 5) is 0. The third-order valence-corrected chi connectivity index (χ3v) is 4.18. The molecule has 1 atom stereocenters. The van der Waals surface area contributed by atoms with Crippen LogP contribution < -0.4 is 5.32 Å². The topological polar surface area (TPSA) is 25.2 Å². The van der Waals surface area contributed by atoms with Gasteiger partial charge in [0.2, 0.25) is 0 Å². The van der Waals surface area contributed by atoms with Crippen LogP contribution in [0.25, 0.3) is 11.0 Å². The van der Waals surface area contributed by atoms with Crippen LogP contribution in [-0.2, 0) is 0 Å². The Labute approximate surface area is 108 Å². The molecule has 1 saturated carbocycles. The highest BCUT2D eigenvalue weighted by Crippen LogP contribution is 2.36. The van der Waals surface area contributed by atoms with Crippen molar-refractivity contribution in [2.45, 2.75) is 38.6 Å². The third-order valence-electron chi connectivity index (χ3n) is 4.18. The molecule has 0 spiro atoms. The van der Waals surface area contributed by atoms with Gasteiger partial charge in [-0.15, -0.1) is 0 Å². The van der Waals surface area contributed by atoms with E-state index in [1.165, 1.54) is 36.6 Å². The monoisotopic (exact) mass is 243 g/mol. The van der Waals surface area contributed by atoms with E-state index in [1.807, 2.05) is 7.05 Å². The predicted octanol–water partition coefficient (Wildman–Crippen LogP) is 4.19. The molecular formula is C16H21NO. The van der Waals surface area contributed by atoms with Gasteiger partial charge in [0.25, 0.3) is 0 Å². The van der Waals surface area contributed by atoms with E-state index >= 15 is 0 Å². The van der Waals surface area contributed by atoms with Gasteiger partial charge in [-0.3, -0.25) is 0 Å². The molecule has 2 aromatic rings. The third kappa shape index (κ3) is 2.17. The van der Waals surface area contributed by atoms with Gasteiger partial charge in [0.15, 0.2) is 0 Å². The van der Waals surface area contributed by atoms with Crippen molar-refractivity contribution in [2.24, 2.45) is 5.92 Å². The lowest BCUT2D eigenvalue weighted by Gasteiger charge is -2.28. The molecule has 2 heteroatoms. The lowest BCUT2D eigenvalue weighted by molar-refractivity contribution is 0.253. The highest BCUT2D eigenvalue weighted by atomic mass is 16.3. The molecule has 96 valence electrons. The molecule has 0 amide bonds. The molecular weight excluding hydrogens is 222 g/mol. The zero-order valence-corrected chi connectivity index (χ0v) is 11.2. The van der Waals surface area contributed by atoms with E-state index in [2.05, 4.69) is 36.5 Å². The maximum Gasteiger partial charge on any atom is 0.134 e. The Bertz CT molecular complexity index is 539. The molecule has 1 heterocycles. The zero-order valence-electron chi connectivity index (χ0n) is 11.2. The van der Waals surface area contributed by atoms with Crippen molar-refractivity contribution in [3.63, 3.8) is 0 Å². The predicted molar refractivity (Wildman–Crippen MR) is 74.7 cm³/mol. The van der Waals surface area contributed by atoms with E-state index in [9.17, 15) is 0 Å². The van der Waals surface area contributed by atoms with Crippen LogP contribution in [0.5, 0.6) is 0 Å². The molecule has 1 aliphatic rings. The number of hydrogen-bond donors (Lipinski definition) is 1. The molecule has 3 rings (SSSR count). The van der Waals surface area contributed by atoms with Crippen LogP contribution in [0.4, 0.5) is 0 Å². The van der Waals surface area contributed by atoms with Crippen molar-refractivity contribution in [2.75, 3.05) is 7.05 Å². The second-order valence-electron chi connectivity index (χ2n) is 5.56. The fraction of sp³-hybridized carbons (Fsp3) is 0.500. The first-order valence-electron chi connectivity index (χ1n) is 6.93. The quantitative estimate of drug-likeness (QED) is 0.871. The molecule has 2 nitrogen and oxygen atoms in total. The SMILES string of the molecule is CNC(CC1CCC1)c1cc2cc(C)ccc2o1. The maximum atomic E-state index is 5.98. The van der Waals surface area contributed by atoms with Crippen LogP contribution >= 0.6 is 0 Å². The van der Waals surface area contributed by atoms with Crippen molar-refractivity contribution in [3.05, 3.63) is 35.6 Å². The Morgan fingerprint density at radius 2 is 2.17 bits per heavy atom. The normalized spacial score (nSPS) is 17.9.